The van der Waals surface area contributed by atoms with E-state index in [1.165, 1.54) is 0 Å². The number of hydrogen-bond donors (Lipinski definition) is 0. The summed E-state index contributed by atoms with van der Waals surface area (Å²) in [5.74, 6) is 0.888. The average molecular weight is 312 g/mol. The van der Waals surface area contributed by atoms with E-state index in [9.17, 15) is 0 Å². The molecule has 0 saturated heterocycles. The highest BCUT2D eigenvalue weighted by molar-refractivity contribution is 14.1. The number of rotatable bonds is 2. The van der Waals surface area contributed by atoms with Crippen LogP contribution >= 0.6 is 22.6 Å². The third kappa shape index (κ3) is 2.23. The fraction of sp³-hybridized carbons (Fsp3) is 0.100. The normalized spacial score (nSPS) is 10.0. The summed E-state index contributed by atoms with van der Waals surface area (Å²) >= 11 is 2.22. The number of nitrogens with zero attached hydrogens (tertiary/aromatic N) is 4. The van der Waals surface area contributed by atoms with Gasteiger partial charge in [0.15, 0.2) is 0 Å². The lowest BCUT2D eigenvalue weighted by atomic mass is 10.4. The van der Waals surface area contributed by atoms with Gasteiger partial charge in [0.2, 0.25) is 0 Å². The summed E-state index contributed by atoms with van der Waals surface area (Å²) in [5, 5.41) is 0. The van der Waals surface area contributed by atoms with E-state index in [2.05, 4.69) is 37.5 Å². The molecule has 0 amide bonds. The zero-order valence-corrected chi connectivity index (χ0v) is 10.3. The molecular formula is C10H9IN4. The topological polar surface area (TPSA) is 41.9 Å². The molecule has 0 aromatic carbocycles. The predicted molar refractivity (Wildman–Crippen MR) is 67.0 cm³/mol. The fourth-order valence-corrected chi connectivity index (χ4v) is 1.89. The molecule has 0 radical (unpaired) electrons. The molecule has 2 rings (SSSR count). The molecular weight excluding hydrogens is 303 g/mol. The summed E-state index contributed by atoms with van der Waals surface area (Å²) in [7, 11) is 1.96. The number of hydrogen-bond acceptors (Lipinski definition) is 4. The molecule has 2 aromatic rings. The summed E-state index contributed by atoms with van der Waals surface area (Å²) in [5.41, 5.74) is 1.01. The van der Waals surface area contributed by atoms with Crippen molar-refractivity contribution in [2.75, 3.05) is 11.9 Å². The molecule has 2 aromatic heterocycles. The van der Waals surface area contributed by atoms with Crippen molar-refractivity contribution in [3.05, 3.63) is 40.6 Å². The molecule has 0 N–H and O–H groups in total. The van der Waals surface area contributed by atoms with Gasteiger partial charge in [0, 0.05) is 19.4 Å². The Labute approximate surface area is 102 Å². The quantitative estimate of drug-likeness (QED) is 0.798. The highest BCUT2D eigenvalue weighted by atomic mass is 127. The first-order chi connectivity index (χ1) is 7.29. The van der Waals surface area contributed by atoms with Gasteiger partial charge in [0.25, 0.3) is 0 Å². The first kappa shape index (κ1) is 10.3. The Morgan fingerprint density at radius 1 is 1.27 bits per heavy atom. The largest absolute Gasteiger partial charge is 0.327 e. The summed E-state index contributed by atoms with van der Waals surface area (Å²) in [6.45, 7) is 0. The van der Waals surface area contributed by atoms with Crippen LogP contribution in [0.2, 0.25) is 0 Å². The highest BCUT2D eigenvalue weighted by Crippen LogP contribution is 2.23. The highest BCUT2D eigenvalue weighted by Gasteiger charge is 2.08. The third-order valence-electron chi connectivity index (χ3n) is 2.00. The molecule has 5 heteroatoms. The van der Waals surface area contributed by atoms with Gasteiger partial charge < -0.3 is 4.90 Å². The minimum atomic E-state index is 0.888. The van der Waals surface area contributed by atoms with E-state index < -0.39 is 0 Å². The molecule has 0 aliphatic carbocycles. The van der Waals surface area contributed by atoms with Gasteiger partial charge in [0.1, 0.15) is 12.1 Å². The molecule has 4 nitrogen and oxygen atoms in total. The maximum atomic E-state index is 4.23. The van der Waals surface area contributed by atoms with Gasteiger partial charge >= 0.3 is 0 Å². The van der Waals surface area contributed by atoms with Gasteiger partial charge in [0.05, 0.1) is 15.5 Å². The molecule has 0 bridgehead atoms. The van der Waals surface area contributed by atoms with E-state index in [0.29, 0.717) is 0 Å². The van der Waals surface area contributed by atoms with Crippen LogP contribution in [0.3, 0.4) is 0 Å². The zero-order valence-electron chi connectivity index (χ0n) is 8.13. The lowest BCUT2D eigenvalue weighted by Crippen LogP contribution is -2.12. The van der Waals surface area contributed by atoms with Gasteiger partial charge in [-0.25, -0.2) is 9.97 Å². The van der Waals surface area contributed by atoms with Crippen molar-refractivity contribution in [1.82, 2.24) is 15.0 Å². The van der Waals surface area contributed by atoms with E-state index in [-0.39, 0.29) is 0 Å². The second kappa shape index (κ2) is 4.52. The zero-order chi connectivity index (χ0) is 10.7. The number of halogens is 1. The second-order valence-corrected chi connectivity index (χ2v) is 4.13. The van der Waals surface area contributed by atoms with Crippen molar-refractivity contribution < 1.29 is 0 Å². The van der Waals surface area contributed by atoms with Crippen molar-refractivity contribution in [1.29, 1.82) is 0 Å². The number of pyridine rings is 1. The Bertz CT molecular complexity index is 446. The van der Waals surface area contributed by atoms with E-state index in [1.54, 1.807) is 24.9 Å². The summed E-state index contributed by atoms with van der Waals surface area (Å²) < 4.78 is 1.02. The molecule has 76 valence electrons. The molecule has 2 heterocycles. The van der Waals surface area contributed by atoms with Crippen LogP contribution in [0.15, 0.2) is 37.1 Å². The van der Waals surface area contributed by atoms with Gasteiger partial charge in [-0.15, -0.1) is 0 Å². The van der Waals surface area contributed by atoms with E-state index in [4.69, 9.17) is 0 Å². The third-order valence-corrected chi connectivity index (χ3v) is 2.76. The van der Waals surface area contributed by atoms with Crippen LogP contribution in [0, 0.1) is 3.57 Å². The summed E-state index contributed by atoms with van der Waals surface area (Å²) in [4.78, 5) is 14.3. The summed E-state index contributed by atoms with van der Waals surface area (Å²) in [6, 6.07) is 3.89. The van der Waals surface area contributed by atoms with Crippen LogP contribution in [-0.2, 0) is 0 Å². The van der Waals surface area contributed by atoms with Gasteiger partial charge in [-0.3, -0.25) is 4.98 Å². The maximum absolute atomic E-state index is 4.23. The molecule has 0 spiro atoms. The first-order valence-electron chi connectivity index (χ1n) is 4.38. The number of aromatic nitrogens is 3. The fourth-order valence-electron chi connectivity index (χ4n) is 1.23. The molecule has 0 fully saturated rings. The van der Waals surface area contributed by atoms with E-state index in [0.717, 1.165) is 15.1 Å². The minimum Gasteiger partial charge on any atom is -0.327 e. The van der Waals surface area contributed by atoms with Crippen LogP contribution < -0.4 is 4.90 Å². The molecule has 0 aliphatic heterocycles. The Hall–Kier alpha value is -1.24. The maximum Gasteiger partial charge on any atom is 0.149 e. The van der Waals surface area contributed by atoms with Gasteiger partial charge in [-0.2, -0.15) is 0 Å². The molecule has 0 atom stereocenters. The smallest absolute Gasteiger partial charge is 0.149 e. The van der Waals surface area contributed by atoms with Crippen LogP contribution in [-0.4, -0.2) is 22.0 Å². The van der Waals surface area contributed by atoms with Gasteiger partial charge in [-0.1, -0.05) is 0 Å². The predicted octanol–water partition coefficient (Wildman–Crippen LogP) is 2.24. The van der Waals surface area contributed by atoms with Crippen LogP contribution in [0.1, 0.15) is 0 Å². The van der Waals surface area contributed by atoms with Crippen molar-refractivity contribution in [2.45, 2.75) is 0 Å². The molecule has 0 aliphatic rings. The molecule has 15 heavy (non-hydrogen) atoms. The standard InChI is InChI=1S/C10H9IN4/c1-15(8-3-2-4-12-5-8)10-9(11)6-13-7-14-10/h2-7H,1H3. The van der Waals surface area contributed by atoms with E-state index >= 15 is 0 Å². The van der Waals surface area contributed by atoms with Crippen LogP contribution in [0.5, 0.6) is 0 Å². The summed E-state index contributed by atoms with van der Waals surface area (Å²) in [6.07, 6.45) is 6.89. The Balaban J connectivity index is 2.37. The second-order valence-electron chi connectivity index (χ2n) is 2.96. The monoisotopic (exact) mass is 312 g/mol. The van der Waals surface area contributed by atoms with E-state index in [1.807, 2.05) is 24.1 Å². The van der Waals surface area contributed by atoms with Crippen molar-refractivity contribution in [2.24, 2.45) is 0 Å². The Morgan fingerprint density at radius 2 is 2.13 bits per heavy atom. The SMILES string of the molecule is CN(c1cccnc1)c1ncncc1I. The van der Waals surface area contributed by atoms with Gasteiger partial charge in [-0.05, 0) is 34.7 Å². The Kier molecular flexibility index (Phi) is 3.10. The van der Waals surface area contributed by atoms with Crippen molar-refractivity contribution >= 4 is 34.1 Å². The van der Waals surface area contributed by atoms with Crippen LogP contribution in [0.25, 0.3) is 0 Å². The van der Waals surface area contributed by atoms with Crippen molar-refractivity contribution in [3.63, 3.8) is 0 Å². The minimum absolute atomic E-state index is 0.888. The Morgan fingerprint density at radius 3 is 2.80 bits per heavy atom. The lowest BCUT2D eigenvalue weighted by Gasteiger charge is -2.18. The average Bonchev–Trinajstić information content (AvgIpc) is 2.30. The van der Waals surface area contributed by atoms with Crippen LogP contribution in [0.4, 0.5) is 11.5 Å². The molecule has 0 saturated carbocycles. The lowest BCUT2D eigenvalue weighted by molar-refractivity contribution is 1.06. The number of anilines is 2. The molecule has 0 unspecified atom stereocenters. The first-order valence-corrected chi connectivity index (χ1v) is 5.46. The van der Waals surface area contributed by atoms with Crippen molar-refractivity contribution in [3.8, 4) is 0 Å².